The normalized spacial score (nSPS) is 20.3. The van der Waals surface area contributed by atoms with Crippen LogP contribution in [0.25, 0.3) is 0 Å². The van der Waals surface area contributed by atoms with Crippen molar-refractivity contribution in [2.75, 3.05) is 7.11 Å². The van der Waals surface area contributed by atoms with Crippen LogP contribution in [-0.2, 0) is 15.2 Å². The standard InChI is InChI=1S/C18H11Cl3F4N2O3/c1-29-16(28)10-6-9(2-3-11(10)19)26-14-7-17(30-27-14,18(23,24)25)8-4-12(20)15(22)13(21)5-8/h2-6H,7H2,1H3,(H,26,27). The predicted molar refractivity (Wildman–Crippen MR) is 103 cm³/mol. The number of ether oxygens (including phenoxy) is 1. The number of halogens is 7. The van der Waals surface area contributed by atoms with Crippen LogP contribution in [0.3, 0.4) is 0 Å². The van der Waals surface area contributed by atoms with Crippen molar-refractivity contribution in [2.24, 2.45) is 4.99 Å². The van der Waals surface area contributed by atoms with Gasteiger partial charge in [0, 0.05) is 0 Å². The summed E-state index contributed by atoms with van der Waals surface area (Å²) >= 11 is 17.2. The first-order valence-corrected chi connectivity index (χ1v) is 9.23. The van der Waals surface area contributed by atoms with Gasteiger partial charge in [-0.1, -0.05) is 34.8 Å². The highest BCUT2D eigenvalue weighted by molar-refractivity contribution is 6.35. The van der Waals surface area contributed by atoms with Crippen LogP contribution >= 0.6 is 34.8 Å². The Kier molecular flexibility index (Phi) is 6.20. The number of methoxy groups -OCH3 is 1. The van der Waals surface area contributed by atoms with E-state index in [-0.39, 0.29) is 22.1 Å². The van der Waals surface area contributed by atoms with Crippen LogP contribution in [0.2, 0.25) is 15.1 Å². The van der Waals surface area contributed by atoms with Crippen LogP contribution in [0.4, 0.5) is 23.2 Å². The van der Waals surface area contributed by atoms with Crippen LogP contribution in [0.5, 0.6) is 0 Å². The molecule has 1 N–H and O–H groups in total. The van der Waals surface area contributed by atoms with Gasteiger partial charge in [0.05, 0.1) is 39.8 Å². The smallest absolute Gasteiger partial charge is 0.424 e. The highest BCUT2D eigenvalue weighted by Crippen LogP contribution is 2.48. The van der Waals surface area contributed by atoms with Gasteiger partial charge >= 0.3 is 12.1 Å². The van der Waals surface area contributed by atoms with Crippen LogP contribution in [0.1, 0.15) is 22.3 Å². The number of esters is 1. The Labute approximate surface area is 182 Å². The molecule has 1 fully saturated rings. The van der Waals surface area contributed by atoms with E-state index in [1.807, 2.05) is 0 Å². The molecule has 0 radical (unpaired) electrons. The summed E-state index contributed by atoms with van der Waals surface area (Å²) in [5.74, 6) is -1.99. The molecule has 12 heteroatoms. The van der Waals surface area contributed by atoms with Gasteiger partial charge in [-0.3, -0.25) is 10.3 Å². The van der Waals surface area contributed by atoms with Gasteiger partial charge in [-0.2, -0.15) is 13.2 Å². The molecule has 1 aliphatic heterocycles. The number of nitrogens with one attached hydrogen (secondary N) is 1. The maximum atomic E-state index is 14.0. The van der Waals surface area contributed by atoms with Crippen LogP contribution < -0.4 is 5.48 Å². The van der Waals surface area contributed by atoms with Crippen molar-refractivity contribution in [1.29, 1.82) is 0 Å². The zero-order valence-corrected chi connectivity index (χ0v) is 17.2. The van der Waals surface area contributed by atoms with Gasteiger partial charge in [-0.15, -0.1) is 0 Å². The van der Waals surface area contributed by atoms with Gasteiger partial charge < -0.3 is 4.74 Å². The fourth-order valence-electron chi connectivity index (χ4n) is 2.79. The zero-order valence-electron chi connectivity index (χ0n) is 14.9. The molecule has 160 valence electrons. The van der Waals surface area contributed by atoms with E-state index in [9.17, 15) is 22.4 Å². The molecule has 0 spiro atoms. The number of carbonyl (C=O) groups is 1. The van der Waals surface area contributed by atoms with Gasteiger partial charge in [0.25, 0.3) is 0 Å². The molecule has 0 aliphatic carbocycles. The van der Waals surface area contributed by atoms with Gasteiger partial charge in [0.1, 0.15) is 5.84 Å². The number of carbonyl (C=O) groups excluding carboxylic acids is 1. The van der Waals surface area contributed by atoms with E-state index >= 15 is 0 Å². The van der Waals surface area contributed by atoms with Crippen LogP contribution in [-0.4, -0.2) is 25.1 Å². The van der Waals surface area contributed by atoms with E-state index in [0.717, 1.165) is 19.2 Å². The maximum Gasteiger partial charge on any atom is 0.424 e. The summed E-state index contributed by atoms with van der Waals surface area (Å²) in [6, 6.07) is 5.57. The number of hydroxylamine groups is 1. The summed E-state index contributed by atoms with van der Waals surface area (Å²) in [7, 11) is 1.15. The Morgan fingerprint density at radius 1 is 1.17 bits per heavy atom. The van der Waals surface area contributed by atoms with Gasteiger partial charge in [-0.25, -0.2) is 14.2 Å². The molecule has 2 aromatic carbocycles. The minimum atomic E-state index is -4.93. The van der Waals surface area contributed by atoms with Crippen molar-refractivity contribution in [2.45, 2.75) is 18.2 Å². The number of aliphatic imine (C=N–C) groups is 1. The third kappa shape index (κ3) is 4.07. The Hall–Kier alpha value is -2.07. The van der Waals surface area contributed by atoms with Crippen molar-refractivity contribution in [3.63, 3.8) is 0 Å². The second-order valence-electron chi connectivity index (χ2n) is 6.17. The monoisotopic (exact) mass is 484 g/mol. The highest BCUT2D eigenvalue weighted by Gasteiger charge is 2.62. The summed E-state index contributed by atoms with van der Waals surface area (Å²) in [6.45, 7) is 0. The average Bonchev–Trinajstić information content (AvgIpc) is 3.11. The van der Waals surface area contributed by atoms with Gasteiger partial charge in [0.2, 0.25) is 5.60 Å². The predicted octanol–water partition coefficient (Wildman–Crippen LogP) is 5.99. The molecular formula is C18H11Cl3F4N2O3. The molecule has 0 bridgehead atoms. The molecule has 3 rings (SSSR count). The number of alkyl halides is 3. The largest absolute Gasteiger partial charge is 0.465 e. The third-order valence-electron chi connectivity index (χ3n) is 4.29. The quantitative estimate of drug-likeness (QED) is 0.330. The van der Waals surface area contributed by atoms with E-state index < -0.39 is 45.6 Å². The van der Waals surface area contributed by atoms with E-state index in [1.54, 1.807) is 0 Å². The maximum absolute atomic E-state index is 14.0. The summed E-state index contributed by atoms with van der Waals surface area (Å²) < 4.78 is 60.2. The van der Waals surface area contributed by atoms with Crippen molar-refractivity contribution < 1.29 is 31.9 Å². The van der Waals surface area contributed by atoms with Crippen LogP contribution in [0.15, 0.2) is 35.3 Å². The topological polar surface area (TPSA) is 59.9 Å². The number of hydrogen-bond donors (Lipinski definition) is 1. The number of hydrogen-bond acceptors (Lipinski definition) is 4. The Morgan fingerprint density at radius 2 is 1.80 bits per heavy atom. The van der Waals surface area contributed by atoms with E-state index in [2.05, 4.69) is 15.2 Å². The molecule has 1 unspecified atom stereocenters. The molecule has 30 heavy (non-hydrogen) atoms. The van der Waals surface area contributed by atoms with Crippen LogP contribution in [0, 0.1) is 5.82 Å². The van der Waals surface area contributed by atoms with Crippen molar-refractivity contribution >= 4 is 52.3 Å². The molecule has 5 nitrogen and oxygen atoms in total. The molecule has 2 aromatic rings. The lowest BCUT2D eigenvalue weighted by molar-refractivity contribution is -0.282. The molecule has 1 saturated heterocycles. The average molecular weight is 486 g/mol. The zero-order chi connectivity index (χ0) is 22.3. The summed E-state index contributed by atoms with van der Waals surface area (Å²) in [5.41, 5.74) is -1.17. The fraction of sp³-hybridized carbons (Fsp3) is 0.222. The number of benzene rings is 2. The number of rotatable bonds is 3. The molecule has 1 aliphatic rings. The Morgan fingerprint density at radius 3 is 2.37 bits per heavy atom. The second-order valence-corrected chi connectivity index (χ2v) is 7.40. The first-order valence-electron chi connectivity index (χ1n) is 8.09. The molecule has 1 atom stereocenters. The van der Waals surface area contributed by atoms with E-state index in [4.69, 9.17) is 39.6 Å². The summed E-state index contributed by atoms with van der Waals surface area (Å²) in [4.78, 5) is 20.7. The van der Waals surface area contributed by atoms with E-state index in [1.165, 1.54) is 18.2 Å². The van der Waals surface area contributed by atoms with Crippen molar-refractivity contribution in [3.05, 3.63) is 62.3 Å². The first kappa shape index (κ1) is 22.6. The number of nitrogens with zero attached hydrogens (tertiary/aromatic N) is 1. The highest BCUT2D eigenvalue weighted by atomic mass is 35.5. The fourth-order valence-corrected chi connectivity index (χ4v) is 3.47. The second kappa shape index (κ2) is 8.22. The minimum absolute atomic E-state index is 0.0147. The molecular weight excluding hydrogens is 475 g/mol. The molecule has 0 aromatic heterocycles. The summed E-state index contributed by atoms with van der Waals surface area (Å²) in [6.07, 6.45) is -5.72. The van der Waals surface area contributed by atoms with E-state index in [0.29, 0.717) is 0 Å². The lowest BCUT2D eigenvalue weighted by Gasteiger charge is -2.29. The third-order valence-corrected chi connectivity index (χ3v) is 5.17. The first-order chi connectivity index (χ1) is 14.0. The van der Waals surface area contributed by atoms with Gasteiger partial charge in [0.15, 0.2) is 5.82 Å². The van der Waals surface area contributed by atoms with Crippen molar-refractivity contribution in [3.8, 4) is 0 Å². The number of amidine groups is 1. The van der Waals surface area contributed by atoms with Crippen molar-refractivity contribution in [1.82, 2.24) is 5.48 Å². The lowest BCUT2D eigenvalue weighted by atomic mass is 9.90. The Balaban J connectivity index is 2.02. The summed E-state index contributed by atoms with van der Waals surface area (Å²) in [5, 5.41) is -1.09. The lowest BCUT2D eigenvalue weighted by Crippen LogP contribution is -2.42. The molecule has 0 amide bonds. The van der Waals surface area contributed by atoms with Gasteiger partial charge in [-0.05, 0) is 35.9 Å². The molecule has 0 saturated carbocycles. The molecule has 1 heterocycles. The minimum Gasteiger partial charge on any atom is -0.465 e. The SMILES string of the molecule is COC(=O)c1cc(N=C2CC(c3cc(Cl)c(F)c(Cl)c3)(C(F)(F)F)ON2)ccc1Cl. The Bertz CT molecular complexity index is 1020.